The first-order valence-electron chi connectivity index (χ1n) is 4.89. The van der Waals surface area contributed by atoms with Gasteiger partial charge in [-0.1, -0.05) is 24.3 Å². The summed E-state index contributed by atoms with van der Waals surface area (Å²) in [6.07, 6.45) is 1.30. The van der Waals surface area contributed by atoms with Crippen molar-refractivity contribution in [3.05, 3.63) is 42.0 Å². The number of oxazole rings is 1. The SMILES string of the molecule is Cc1ccccc1-c1coc(CC(=O)O)n1. The molecule has 1 aromatic carbocycles. The minimum Gasteiger partial charge on any atom is -0.481 e. The molecule has 4 nitrogen and oxygen atoms in total. The van der Waals surface area contributed by atoms with Gasteiger partial charge in [-0.15, -0.1) is 0 Å². The molecule has 0 radical (unpaired) electrons. The molecule has 2 rings (SSSR count). The number of rotatable bonds is 3. The van der Waals surface area contributed by atoms with Crippen molar-refractivity contribution < 1.29 is 14.3 Å². The molecule has 0 bridgehead atoms. The number of hydrogen-bond acceptors (Lipinski definition) is 3. The predicted octanol–water partition coefficient (Wildman–Crippen LogP) is 2.28. The first-order valence-corrected chi connectivity index (χ1v) is 4.89. The Bertz CT molecular complexity index is 516. The van der Waals surface area contributed by atoms with Crippen LogP contribution in [0.3, 0.4) is 0 Å². The summed E-state index contributed by atoms with van der Waals surface area (Å²) in [6, 6.07) is 7.75. The summed E-state index contributed by atoms with van der Waals surface area (Å²) < 4.78 is 5.09. The molecule has 0 unspecified atom stereocenters. The molecule has 0 spiro atoms. The number of hydrogen-bond donors (Lipinski definition) is 1. The van der Waals surface area contributed by atoms with E-state index in [4.69, 9.17) is 9.52 Å². The molecule has 0 saturated carbocycles. The van der Waals surface area contributed by atoms with Crippen molar-refractivity contribution in [1.82, 2.24) is 4.98 Å². The van der Waals surface area contributed by atoms with Gasteiger partial charge in [0.2, 0.25) is 5.89 Å². The van der Waals surface area contributed by atoms with E-state index in [0.717, 1.165) is 11.1 Å². The second-order valence-electron chi connectivity index (χ2n) is 3.51. The fraction of sp³-hybridized carbons (Fsp3) is 0.167. The van der Waals surface area contributed by atoms with Crippen LogP contribution in [0, 0.1) is 6.92 Å². The van der Waals surface area contributed by atoms with Gasteiger partial charge in [0, 0.05) is 5.56 Å². The zero-order valence-corrected chi connectivity index (χ0v) is 8.80. The van der Waals surface area contributed by atoms with Gasteiger partial charge >= 0.3 is 5.97 Å². The third-order valence-corrected chi connectivity index (χ3v) is 2.28. The average Bonchev–Trinajstić information content (AvgIpc) is 2.66. The highest BCUT2D eigenvalue weighted by molar-refractivity contribution is 5.69. The average molecular weight is 217 g/mol. The van der Waals surface area contributed by atoms with Crippen LogP contribution in [0.25, 0.3) is 11.3 Å². The van der Waals surface area contributed by atoms with Gasteiger partial charge in [0.15, 0.2) is 0 Å². The standard InChI is InChI=1S/C12H11NO3/c1-8-4-2-3-5-9(8)10-7-16-11(13-10)6-12(14)15/h2-5,7H,6H2,1H3,(H,14,15). The molecule has 0 fully saturated rings. The number of aromatic nitrogens is 1. The number of benzene rings is 1. The maximum atomic E-state index is 10.5. The molecule has 1 heterocycles. The molecule has 4 heteroatoms. The van der Waals surface area contributed by atoms with Crippen LogP contribution in [0.2, 0.25) is 0 Å². The summed E-state index contributed by atoms with van der Waals surface area (Å²) in [5.41, 5.74) is 2.72. The highest BCUT2D eigenvalue weighted by atomic mass is 16.4. The van der Waals surface area contributed by atoms with E-state index in [9.17, 15) is 4.79 Å². The van der Waals surface area contributed by atoms with Crippen molar-refractivity contribution in [2.45, 2.75) is 13.3 Å². The molecule has 0 aliphatic carbocycles. The van der Waals surface area contributed by atoms with Gasteiger partial charge < -0.3 is 9.52 Å². The number of aliphatic carboxylic acids is 1. The van der Waals surface area contributed by atoms with Gasteiger partial charge in [0.05, 0.1) is 0 Å². The third-order valence-electron chi connectivity index (χ3n) is 2.28. The Balaban J connectivity index is 2.32. The van der Waals surface area contributed by atoms with E-state index in [2.05, 4.69) is 4.98 Å². The van der Waals surface area contributed by atoms with E-state index >= 15 is 0 Å². The fourth-order valence-electron chi connectivity index (χ4n) is 1.51. The zero-order valence-electron chi connectivity index (χ0n) is 8.80. The van der Waals surface area contributed by atoms with Crippen LogP contribution in [-0.4, -0.2) is 16.1 Å². The summed E-state index contributed by atoms with van der Waals surface area (Å²) >= 11 is 0. The summed E-state index contributed by atoms with van der Waals surface area (Å²) in [4.78, 5) is 14.6. The van der Waals surface area contributed by atoms with Crippen LogP contribution in [0.5, 0.6) is 0 Å². The Labute approximate surface area is 92.6 Å². The Morgan fingerprint density at radius 2 is 2.19 bits per heavy atom. The molecule has 1 aromatic heterocycles. The Kier molecular flexibility index (Phi) is 2.72. The van der Waals surface area contributed by atoms with Crippen LogP contribution in [0.15, 0.2) is 34.9 Å². The van der Waals surface area contributed by atoms with Gasteiger partial charge in [0.1, 0.15) is 18.4 Å². The van der Waals surface area contributed by atoms with Gasteiger partial charge in [-0.3, -0.25) is 4.79 Å². The molecule has 1 N–H and O–H groups in total. The maximum absolute atomic E-state index is 10.5. The van der Waals surface area contributed by atoms with Crippen molar-refractivity contribution in [3.8, 4) is 11.3 Å². The smallest absolute Gasteiger partial charge is 0.312 e. The van der Waals surface area contributed by atoms with Crippen LogP contribution in [-0.2, 0) is 11.2 Å². The van der Waals surface area contributed by atoms with E-state index in [1.165, 1.54) is 6.26 Å². The van der Waals surface area contributed by atoms with E-state index in [1.54, 1.807) is 0 Å². The van der Waals surface area contributed by atoms with Crippen molar-refractivity contribution in [2.24, 2.45) is 0 Å². The maximum Gasteiger partial charge on any atom is 0.312 e. The molecule has 82 valence electrons. The third kappa shape index (κ3) is 2.11. The van der Waals surface area contributed by atoms with Crippen LogP contribution in [0.4, 0.5) is 0 Å². The molecular formula is C12H11NO3. The summed E-state index contributed by atoms with van der Waals surface area (Å²) in [5, 5.41) is 8.60. The summed E-state index contributed by atoms with van der Waals surface area (Å²) in [6.45, 7) is 1.97. The highest BCUT2D eigenvalue weighted by Gasteiger charge is 2.10. The zero-order chi connectivity index (χ0) is 11.5. The monoisotopic (exact) mass is 217 g/mol. The summed E-state index contributed by atoms with van der Waals surface area (Å²) in [5.74, 6) is -0.719. The van der Waals surface area contributed by atoms with E-state index in [1.807, 2.05) is 31.2 Å². The Morgan fingerprint density at radius 1 is 1.44 bits per heavy atom. The lowest BCUT2D eigenvalue weighted by Gasteiger charge is -1.99. The van der Waals surface area contributed by atoms with E-state index in [-0.39, 0.29) is 12.3 Å². The largest absolute Gasteiger partial charge is 0.481 e. The lowest BCUT2D eigenvalue weighted by atomic mass is 10.1. The highest BCUT2D eigenvalue weighted by Crippen LogP contribution is 2.22. The predicted molar refractivity (Wildman–Crippen MR) is 58.0 cm³/mol. The summed E-state index contributed by atoms with van der Waals surface area (Å²) in [7, 11) is 0. The van der Waals surface area contributed by atoms with Crippen LogP contribution in [0.1, 0.15) is 11.5 Å². The number of nitrogens with zero attached hydrogens (tertiary/aromatic N) is 1. The van der Waals surface area contributed by atoms with Crippen molar-refractivity contribution in [1.29, 1.82) is 0 Å². The van der Waals surface area contributed by atoms with Crippen LogP contribution >= 0.6 is 0 Å². The minimum absolute atomic E-state index is 0.189. The molecule has 0 saturated heterocycles. The van der Waals surface area contributed by atoms with Gasteiger partial charge in [-0.2, -0.15) is 0 Å². The number of aryl methyl sites for hydroxylation is 1. The second kappa shape index (κ2) is 4.18. The molecular weight excluding hydrogens is 206 g/mol. The van der Waals surface area contributed by atoms with E-state index in [0.29, 0.717) is 5.69 Å². The van der Waals surface area contributed by atoms with Gasteiger partial charge in [-0.25, -0.2) is 4.98 Å². The minimum atomic E-state index is -0.946. The molecule has 0 atom stereocenters. The molecule has 0 amide bonds. The molecule has 2 aromatic rings. The van der Waals surface area contributed by atoms with Crippen molar-refractivity contribution in [2.75, 3.05) is 0 Å². The van der Waals surface area contributed by atoms with Crippen molar-refractivity contribution in [3.63, 3.8) is 0 Å². The van der Waals surface area contributed by atoms with E-state index < -0.39 is 5.97 Å². The lowest BCUT2D eigenvalue weighted by Crippen LogP contribution is -1.99. The number of carboxylic acids is 1. The lowest BCUT2D eigenvalue weighted by molar-refractivity contribution is -0.136. The first-order chi connectivity index (χ1) is 7.66. The fourth-order valence-corrected chi connectivity index (χ4v) is 1.51. The van der Waals surface area contributed by atoms with Gasteiger partial charge in [-0.05, 0) is 12.5 Å². The molecule has 16 heavy (non-hydrogen) atoms. The molecule has 0 aliphatic rings. The van der Waals surface area contributed by atoms with Crippen LogP contribution < -0.4 is 0 Å². The quantitative estimate of drug-likeness (QED) is 0.856. The normalized spacial score (nSPS) is 10.3. The Hall–Kier alpha value is -2.10. The number of carboxylic acid groups (broad SMARTS) is 1. The topological polar surface area (TPSA) is 63.3 Å². The second-order valence-corrected chi connectivity index (χ2v) is 3.51. The first kappa shape index (κ1) is 10.4. The Morgan fingerprint density at radius 3 is 2.88 bits per heavy atom. The van der Waals surface area contributed by atoms with Crippen molar-refractivity contribution >= 4 is 5.97 Å². The van der Waals surface area contributed by atoms with Gasteiger partial charge in [0.25, 0.3) is 0 Å². The number of carbonyl (C=O) groups is 1. The molecule has 0 aliphatic heterocycles.